The van der Waals surface area contributed by atoms with E-state index in [-0.39, 0.29) is 16.5 Å². The summed E-state index contributed by atoms with van der Waals surface area (Å²) < 4.78 is 27.8. The van der Waals surface area contributed by atoms with E-state index in [1.807, 2.05) is 0 Å². The summed E-state index contributed by atoms with van der Waals surface area (Å²) in [7, 11) is -3.68. The van der Waals surface area contributed by atoms with Gasteiger partial charge in [-0.25, -0.2) is 17.9 Å². The smallest absolute Gasteiger partial charge is 0.335 e. The lowest BCUT2D eigenvalue weighted by Gasteiger charge is -2.23. The third kappa shape index (κ3) is 3.63. The summed E-state index contributed by atoms with van der Waals surface area (Å²) in [6.07, 6.45) is 4.89. The third-order valence-corrected chi connectivity index (χ3v) is 5.73. The quantitative estimate of drug-likeness (QED) is 0.895. The first kappa shape index (κ1) is 16.0. The topological polar surface area (TPSA) is 83.5 Å². The molecule has 21 heavy (non-hydrogen) atoms. The van der Waals surface area contributed by atoms with Gasteiger partial charge in [-0.05, 0) is 49.9 Å². The van der Waals surface area contributed by atoms with Gasteiger partial charge in [-0.15, -0.1) is 0 Å². The first-order valence-electron chi connectivity index (χ1n) is 7.18. The van der Waals surface area contributed by atoms with E-state index in [4.69, 9.17) is 5.11 Å². The monoisotopic (exact) mass is 311 g/mol. The molecule has 0 aliphatic heterocycles. The van der Waals surface area contributed by atoms with E-state index in [9.17, 15) is 13.2 Å². The molecule has 116 valence electrons. The number of carboxylic acid groups (broad SMARTS) is 1. The second-order valence-electron chi connectivity index (χ2n) is 5.68. The molecule has 2 rings (SSSR count). The minimum atomic E-state index is -3.68. The van der Waals surface area contributed by atoms with Gasteiger partial charge in [0, 0.05) is 6.04 Å². The fourth-order valence-corrected chi connectivity index (χ4v) is 4.38. The zero-order valence-corrected chi connectivity index (χ0v) is 13.2. The van der Waals surface area contributed by atoms with Gasteiger partial charge in [-0.1, -0.05) is 19.3 Å². The Morgan fingerprint density at radius 1 is 1.19 bits per heavy atom. The number of aryl methyl sites for hydroxylation is 1. The van der Waals surface area contributed by atoms with Crippen LogP contribution in [0.25, 0.3) is 0 Å². The molecular weight excluding hydrogens is 290 g/mol. The van der Waals surface area contributed by atoms with Crippen LogP contribution in [0.5, 0.6) is 0 Å². The Kier molecular flexibility index (Phi) is 4.68. The predicted octanol–water partition coefficient (Wildman–Crippen LogP) is 2.61. The number of aromatic carboxylic acids is 1. The highest BCUT2D eigenvalue weighted by atomic mass is 32.2. The zero-order chi connectivity index (χ0) is 15.6. The van der Waals surface area contributed by atoms with Gasteiger partial charge in [-0.2, -0.15) is 0 Å². The van der Waals surface area contributed by atoms with E-state index in [2.05, 4.69) is 4.72 Å². The van der Waals surface area contributed by atoms with Crippen molar-refractivity contribution >= 4 is 16.0 Å². The third-order valence-electron chi connectivity index (χ3n) is 4.08. The second kappa shape index (κ2) is 6.15. The Labute approximate surface area is 125 Å². The molecule has 0 saturated heterocycles. The van der Waals surface area contributed by atoms with Crippen LogP contribution in [0.15, 0.2) is 17.0 Å². The van der Waals surface area contributed by atoms with Gasteiger partial charge in [0.05, 0.1) is 10.5 Å². The van der Waals surface area contributed by atoms with Crippen molar-refractivity contribution in [1.29, 1.82) is 0 Å². The molecule has 0 bridgehead atoms. The molecule has 1 aliphatic carbocycles. The van der Waals surface area contributed by atoms with Crippen LogP contribution in [0, 0.1) is 13.8 Å². The summed E-state index contributed by atoms with van der Waals surface area (Å²) in [5.41, 5.74) is 1.27. The van der Waals surface area contributed by atoms with Crippen LogP contribution in [0.1, 0.15) is 53.6 Å². The lowest BCUT2D eigenvalue weighted by atomic mass is 9.96. The SMILES string of the molecule is Cc1cc(C(=O)O)cc(S(=O)(=O)NC2CCCCC2)c1C. The van der Waals surface area contributed by atoms with E-state index in [1.54, 1.807) is 13.8 Å². The number of hydrogen-bond acceptors (Lipinski definition) is 3. The number of benzene rings is 1. The Hall–Kier alpha value is -1.40. The molecule has 0 atom stereocenters. The number of hydrogen-bond donors (Lipinski definition) is 2. The Bertz CT molecular complexity index is 646. The van der Waals surface area contributed by atoms with E-state index in [0.717, 1.165) is 32.1 Å². The lowest BCUT2D eigenvalue weighted by molar-refractivity contribution is 0.0696. The molecule has 1 aromatic carbocycles. The van der Waals surface area contributed by atoms with Crippen LogP contribution in [0.4, 0.5) is 0 Å². The van der Waals surface area contributed by atoms with E-state index >= 15 is 0 Å². The molecule has 0 spiro atoms. The zero-order valence-electron chi connectivity index (χ0n) is 12.3. The fraction of sp³-hybridized carbons (Fsp3) is 0.533. The van der Waals surface area contributed by atoms with Crippen LogP contribution in [0.3, 0.4) is 0 Å². The highest BCUT2D eigenvalue weighted by Crippen LogP contribution is 2.24. The van der Waals surface area contributed by atoms with Gasteiger partial charge in [0.15, 0.2) is 0 Å². The van der Waals surface area contributed by atoms with Gasteiger partial charge in [0.2, 0.25) is 10.0 Å². The molecular formula is C15H21NO4S. The average molecular weight is 311 g/mol. The van der Waals surface area contributed by atoms with Gasteiger partial charge in [-0.3, -0.25) is 0 Å². The summed E-state index contributed by atoms with van der Waals surface area (Å²) in [4.78, 5) is 11.2. The van der Waals surface area contributed by atoms with Crippen molar-refractivity contribution in [2.45, 2.75) is 56.9 Å². The lowest BCUT2D eigenvalue weighted by Crippen LogP contribution is -2.36. The normalized spacial score (nSPS) is 16.9. The molecule has 1 saturated carbocycles. The number of carbonyl (C=O) groups is 1. The largest absolute Gasteiger partial charge is 0.478 e. The van der Waals surface area contributed by atoms with Crippen LogP contribution in [-0.4, -0.2) is 25.5 Å². The van der Waals surface area contributed by atoms with E-state index in [0.29, 0.717) is 11.1 Å². The standard InChI is InChI=1S/C15H21NO4S/c1-10-8-12(15(17)18)9-14(11(10)2)21(19,20)16-13-6-4-3-5-7-13/h8-9,13,16H,3-7H2,1-2H3,(H,17,18). The van der Waals surface area contributed by atoms with Crippen LogP contribution >= 0.6 is 0 Å². The van der Waals surface area contributed by atoms with Crippen molar-refractivity contribution in [3.8, 4) is 0 Å². The molecule has 1 aromatic rings. The van der Waals surface area contributed by atoms with Crippen molar-refractivity contribution in [3.63, 3.8) is 0 Å². The van der Waals surface area contributed by atoms with Crippen LogP contribution in [0.2, 0.25) is 0 Å². The maximum absolute atomic E-state index is 12.5. The maximum Gasteiger partial charge on any atom is 0.335 e. The number of carboxylic acids is 1. The number of rotatable bonds is 4. The molecule has 0 heterocycles. The molecule has 6 heteroatoms. The maximum atomic E-state index is 12.5. The van der Waals surface area contributed by atoms with Crippen LogP contribution in [-0.2, 0) is 10.0 Å². The highest BCUT2D eigenvalue weighted by Gasteiger charge is 2.25. The van der Waals surface area contributed by atoms with E-state index in [1.165, 1.54) is 12.1 Å². The number of sulfonamides is 1. The molecule has 5 nitrogen and oxygen atoms in total. The Morgan fingerprint density at radius 2 is 1.81 bits per heavy atom. The predicted molar refractivity (Wildman–Crippen MR) is 80.1 cm³/mol. The molecule has 1 aliphatic rings. The minimum absolute atomic E-state index is 0.00196. The molecule has 0 unspecified atom stereocenters. The van der Waals surface area contributed by atoms with Gasteiger partial charge in [0.25, 0.3) is 0 Å². The number of nitrogens with one attached hydrogen (secondary N) is 1. The summed E-state index contributed by atoms with van der Waals surface area (Å²) >= 11 is 0. The van der Waals surface area contributed by atoms with Gasteiger partial charge < -0.3 is 5.11 Å². The van der Waals surface area contributed by atoms with Crippen molar-refractivity contribution in [1.82, 2.24) is 4.72 Å². The average Bonchev–Trinajstić information content (AvgIpc) is 2.41. The van der Waals surface area contributed by atoms with Crippen molar-refractivity contribution in [3.05, 3.63) is 28.8 Å². The molecule has 1 fully saturated rings. The summed E-state index contributed by atoms with van der Waals surface area (Å²) in [5.74, 6) is -1.12. The Balaban J connectivity index is 2.36. The molecule has 0 radical (unpaired) electrons. The Morgan fingerprint density at radius 3 is 2.38 bits per heavy atom. The van der Waals surface area contributed by atoms with Crippen LogP contribution < -0.4 is 4.72 Å². The van der Waals surface area contributed by atoms with Crippen molar-refractivity contribution < 1.29 is 18.3 Å². The summed E-state index contributed by atoms with van der Waals surface area (Å²) in [6, 6.07) is 2.70. The summed E-state index contributed by atoms with van der Waals surface area (Å²) in [5, 5.41) is 9.10. The molecule has 2 N–H and O–H groups in total. The molecule has 0 aromatic heterocycles. The first-order valence-corrected chi connectivity index (χ1v) is 8.66. The summed E-state index contributed by atoms with van der Waals surface area (Å²) in [6.45, 7) is 3.43. The van der Waals surface area contributed by atoms with E-state index < -0.39 is 16.0 Å². The van der Waals surface area contributed by atoms with Gasteiger partial charge >= 0.3 is 5.97 Å². The molecule has 0 amide bonds. The second-order valence-corrected chi connectivity index (χ2v) is 7.36. The highest BCUT2D eigenvalue weighted by molar-refractivity contribution is 7.89. The van der Waals surface area contributed by atoms with Crippen molar-refractivity contribution in [2.75, 3.05) is 0 Å². The first-order chi connectivity index (χ1) is 9.81. The van der Waals surface area contributed by atoms with Gasteiger partial charge in [0.1, 0.15) is 0 Å². The minimum Gasteiger partial charge on any atom is -0.478 e. The fourth-order valence-electron chi connectivity index (χ4n) is 2.73. The van der Waals surface area contributed by atoms with Crippen molar-refractivity contribution in [2.24, 2.45) is 0 Å².